The molecule has 92 valence electrons. The van der Waals surface area contributed by atoms with E-state index in [0.717, 1.165) is 22.5 Å². The van der Waals surface area contributed by atoms with Gasteiger partial charge in [-0.3, -0.25) is 0 Å². The number of rotatable bonds is 3. The number of aliphatic hydroxyl groups excluding tert-OH is 1. The van der Waals surface area contributed by atoms with E-state index in [0.29, 0.717) is 0 Å². The van der Waals surface area contributed by atoms with Crippen LogP contribution in [0.3, 0.4) is 0 Å². The molecule has 1 aromatic carbocycles. The van der Waals surface area contributed by atoms with Crippen molar-refractivity contribution in [2.24, 2.45) is 0 Å². The van der Waals surface area contributed by atoms with Crippen molar-refractivity contribution in [2.45, 2.75) is 27.7 Å². The van der Waals surface area contributed by atoms with Gasteiger partial charge in [0, 0.05) is 11.4 Å². The maximum atomic E-state index is 9.44. The van der Waals surface area contributed by atoms with Gasteiger partial charge in [-0.1, -0.05) is 0 Å². The highest BCUT2D eigenvalue weighted by molar-refractivity contribution is 5.62. The molecule has 0 fully saturated rings. The van der Waals surface area contributed by atoms with Crippen LogP contribution < -0.4 is 5.32 Å². The van der Waals surface area contributed by atoms with E-state index in [9.17, 15) is 5.11 Å². The van der Waals surface area contributed by atoms with Crippen LogP contribution in [0.1, 0.15) is 25.0 Å². The van der Waals surface area contributed by atoms with E-state index in [2.05, 4.69) is 5.32 Å². The predicted molar refractivity (Wildman–Crippen MR) is 71.3 cm³/mol. The summed E-state index contributed by atoms with van der Waals surface area (Å²) in [5, 5.41) is 21.8. The van der Waals surface area contributed by atoms with E-state index >= 15 is 0 Å². The van der Waals surface area contributed by atoms with Crippen molar-refractivity contribution in [1.29, 1.82) is 0 Å². The van der Waals surface area contributed by atoms with Crippen molar-refractivity contribution in [3.8, 4) is 5.75 Å². The SMILES string of the molecule is C/C(O)=C\C=C(/C)Nc1c(C)cc(O)cc1C. The minimum Gasteiger partial charge on any atom is -0.513 e. The zero-order valence-electron chi connectivity index (χ0n) is 10.7. The monoisotopic (exact) mass is 233 g/mol. The Hall–Kier alpha value is -1.90. The number of allylic oxidation sites excluding steroid dienone is 4. The molecule has 0 bridgehead atoms. The second kappa shape index (κ2) is 5.43. The molecule has 0 saturated carbocycles. The summed E-state index contributed by atoms with van der Waals surface area (Å²) in [6.07, 6.45) is 3.44. The third kappa shape index (κ3) is 3.87. The molecule has 0 saturated heterocycles. The number of benzene rings is 1. The fourth-order valence-electron chi connectivity index (χ4n) is 1.62. The van der Waals surface area contributed by atoms with Gasteiger partial charge in [0.2, 0.25) is 0 Å². The number of hydrogen-bond donors (Lipinski definition) is 3. The third-order valence-electron chi connectivity index (χ3n) is 2.41. The Morgan fingerprint density at radius 3 is 2.12 bits per heavy atom. The van der Waals surface area contributed by atoms with Gasteiger partial charge in [-0.15, -0.1) is 0 Å². The predicted octanol–water partition coefficient (Wildman–Crippen LogP) is 3.79. The lowest BCUT2D eigenvalue weighted by atomic mass is 10.1. The number of aryl methyl sites for hydroxylation is 2. The van der Waals surface area contributed by atoms with Gasteiger partial charge < -0.3 is 15.5 Å². The Labute approximate surface area is 102 Å². The molecule has 0 aliphatic rings. The van der Waals surface area contributed by atoms with Gasteiger partial charge in [0.05, 0.1) is 5.76 Å². The summed E-state index contributed by atoms with van der Waals surface area (Å²) < 4.78 is 0. The molecule has 1 aromatic rings. The number of aromatic hydroxyl groups is 1. The molecule has 0 heterocycles. The first kappa shape index (κ1) is 13.2. The first-order valence-electron chi connectivity index (χ1n) is 5.51. The van der Waals surface area contributed by atoms with E-state index in [-0.39, 0.29) is 11.5 Å². The highest BCUT2D eigenvalue weighted by Crippen LogP contribution is 2.26. The quantitative estimate of drug-likeness (QED) is 0.423. The zero-order chi connectivity index (χ0) is 13.0. The Bertz CT molecular complexity index is 446. The van der Waals surface area contributed by atoms with Gasteiger partial charge in [0.1, 0.15) is 5.75 Å². The van der Waals surface area contributed by atoms with E-state index in [1.807, 2.05) is 20.8 Å². The summed E-state index contributed by atoms with van der Waals surface area (Å²) >= 11 is 0. The van der Waals surface area contributed by atoms with Crippen molar-refractivity contribution in [3.63, 3.8) is 0 Å². The molecule has 0 aliphatic carbocycles. The lowest BCUT2D eigenvalue weighted by Crippen LogP contribution is -1.99. The Morgan fingerprint density at radius 2 is 1.65 bits per heavy atom. The maximum absolute atomic E-state index is 9.44. The number of aliphatic hydroxyl groups is 1. The molecular weight excluding hydrogens is 214 g/mol. The van der Waals surface area contributed by atoms with Crippen LogP contribution in [0.4, 0.5) is 5.69 Å². The van der Waals surface area contributed by atoms with E-state index < -0.39 is 0 Å². The van der Waals surface area contributed by atoms with Crippen LogP contribution >= 0.6 is 0 Å². The normalized spacial score (nSPS) is 12.7. The molecular formula is C14H19NO2. The van der Waals surface area contributed by atoms with Crippen molar-refractivity contribution in [2.75, 3.05) is 5.32 Å². The molecule has 3 heteroatoms. The first-order valence-corrected chi connectivity index (χ1v) is 5.51. The lowest BCUT2D eigenvalue weighted by Gasteiger charge is -2.13. The van der Waals surface area contributed by atoms with Crippen molar-refractivity contribution < 1.29 is 10.2 Å². The largest absolute Gasteiger partial charge is 0.513 e. The van der Waals surface area contributed by atoms with Gasteiger partial charge in [0.25, 0.3) is 0 Å². The van der Waals surface area contributed by atoms with E-state index in [1.54, 1.807) is 31.2 Å². The lowest BCUT2D eigenvalue weighted by molar-refractivity contribution is 0.414. The molecule has 0 atom stereocenters. The van der Waals surface area contributed by atoms with Crippen LogP contribution in [-0.4, -0.2) is 10.2 Å². The average Bonchev–Trinajstić information content (AvgIpc) is 2.20. The summed E-state index contributed by atoms with van der Waals surface area (Å²) in [4.78, 5) is 0. The van der Waals surface area contributed by atoms with E-state index in [4.69, 9.17) is 5.11 Å². The zero-order valence-corrected chi connectivity index (χ0v) is 10.7. The summed E-state index contributed by atoms with van der Waals surface area (Å²) in [6, 6.07) is 3.44. The van der Waals surface area contributed by atoms with Crippen LogP contribution in [0.2, 0.25) is 0 Å². The molecule has 0 spiro atoms. The number of nitrogens with one attached hydrogen (secondary N) is 1. The van der Waals surface area contributed by atoms with Gasteiger partial charge in [-0.25, -0.2) is 0 Å². The number of hydrogen-bond acceptors (Lipinski definition) is 3. The Morgan fingerprint density at radius 1 is 1.12 bits per heavy atom. The second-order valence-corrected chi connectivity index (χ2v) is 4.24. The van der Waals surface area contributed by atoms with Crippen LogP contribution in [-0.2, 0) is 0 Å². The van der Waals surface area contributed by atoms with Crippen LogP contribution in [0.5, 0.6) is 5.75 Å². The summed E-state index contributed by atoms with van der Waals surface area (Å²) in [7, 11) is 0. The molecule has 1 rings (SSSR count). The molecule has 0 amide bonds. The number of phenols is 1. The molecule has 0 unspecified atom stereocenters. The molecule has 0 radical (unpaired) electrons. The molecule has 0 aromatic heterocycles. The smallest absolute Gasteiger partial charge is 0.116 e. The van der Waals surface area contributed by atoms with Crippen molar-refractivity contribution in [3.05, 3.63) is 46.9 Å². The van der Waals surface area contributed by atoms with Crippen LogP contribution in [0.25, 0.3) is 0 Å². The van der Waals surface area contributed by atoms with Crippen LogP contribution in [0, 0.1) is 13.8 Å². The topological polar surface area (TPSA) is 52.5 Å². The van der Waals surface area contributed by atoms with Crippen LogP contribution in [0.15, 0.2) is 35.7 Å². The molecule has 17 heavy (non-hydrogen) atoms. The van der Waals surface area contributed by atoms with Crippen molar-refractivity contribution in [1.82, 2.24) is 0 Å². The van der Waals surface area contributed by atoms with E-state index in [1.165, 1.54) is 0 Å². The molecule has 3 nitrogen and oxygen atoms in total. The maximum Gasteiger partial charge on any atom is 0.116 e. The van der Waals surface area contributed by atoms with Gasteiger partial charge in [-0.05, 0) is 63.1 Å². The highest BCUT2D eigenvalue weighted by Gasteiger charge is 2.04. The fourth-order valence-corrected chi connectivity index (χ4v) is 1.62. The summed E-state index contributed by atoms with van der Waals surface area (Å²) in [5.41, 5.74) is 3.88. The Kier molecular flexibility index (Phi) is 4.21. The van der Waals surface area contributed by atoms with Crippen molar-refractivity contribution >= 4 is 5.69 Å². The highest BCUT2D eigenvalue weighted by atomic mass is 16.3. The number of anilines is 1. The standard InChI is InChI=1S/C14H19NO2/c1-9-7-13(17)8-10(2)14(9)15-11(3)5-6-12(4)16/h5-8,15-17H,1-4H3/b11-5+,12-6+. The Balaban J connectivity index is 2.96. The fraction of sp³-hybridized carbons (Fsp3) is 0.286. The minimum atomic E-state index is 0.269. The second-order valence-electron chi connectivity index (χ2n) is 4.24. The van der Waals surface area contributed by atoms with Gasteiger partial charge in [-0.2, -0.15) is 0 Å². The summed E-state index contributed by atoms with van der Waals surface area (Å²) in [5.74, 6) is 0.545. The first-order chi connectivity index (χ1) is 7.90. The number of phenolic OH excluding ortho intramolecular Hbond substituents is 1. The minimum absolute atomic E-state index is 0.269. The molecule has 0 aliphatic heterocycles. The third-order valence-corrected chi connectivity index (χ3v) is 2.41. The molecule has 3 N–H and O–H groups in total. The average molecular weight is 233 g/mol. The summed E-state index contributed by atoms with van der Waals surface area (Å²) in [6.45, 7) is 7.43. The van der Waals surface area contributed by atoms with Gasteiger partial charge >= 0.3 is 0 Å². The van der Waals surface area contributed by atoms with Gasteiger partial charge in [0.15, 0.2) is 0 Å².